The van der Waals surface area contributed by atoms with Crippen LogP contribution in [0.3, 0.4) is 0 Å². The van der Waals surface area contributed by atoms with Crippen molar-refractivity contribution in [3.05, 3.63) is 0 Å². The fourth-order valence-electron chi connectivity index (χ4n) is 0.414. The summed E-state index contributed by atoms with van der Waals surface area (Å²) in [6.07, 6.45) is 0.431. The second kappa shape index (κ2) is 6.99. The van der Waals surface area contributed by atoms with Crippen molar-refractivity contribution >= 4 is 0 Å². The van der Waals surface area contributed by atoms with Gasteiger partial charge in [0.15, 0.2) is 0 Å². The Balaban J connectivity index is 0. The maximum atomic E-state index is 5.03. The fraction of sp³-hybridized carbons (Fsp3) is 1.00. The summed E-state index contributed by atoms with van der Waals surface area (Å²) in [4.78, 5) is 0. The van der Waals surface area contributed by atoms with Crippen LogP contribution < -0.4 is 29.6 Å². The van der Waals surface area contributed by atoms with Crippen LogP contribution in [0.2, 0.25) is 0 Å². The van der Waals surface area contributed by atoms with Crippen LogP contribution in [0.5, 0.6) is 0 Å². The summed E-state index contributed by atoms with van der Waals surface area (Å²) >= 11 is 0. The molecule has 1 saturated heterocycles. The van der Waals surface area contributed by atoms with E-state index in [0.29, 0.717) is 6.10 Å². The zero-order valence-corrected chi connectivity index (χ0v) is 7.96. The third kappa shape index (κ3) is 6.77. The first-order valence-corrected chi connectivity index (χ1v) is 2.63. The van der Waals surface area contributed by atoms with Crippen molar-refractivity contribution in [1.82, 2.24) is 0 Å². The Morgan fingerprint density at radius 1 is 1.67 bits per heavy atom. The molecule has 1 heterocycles. The maximum Gasteiger partial charge on any atom is 1.00 e. The molecule has 0 amide bonds. The van der Waals surface area contributed by atoms with Gasteiger partial charge >= 0.3 is 29.6 Å². The number of epoxide rings is 1. The molecule has 0 saturated carbocycles. The molecule has 0 aliphatic carbocycles. The van der Waals surface area contributed by atoms with Gasteiger partial charge in [-0.3, -0.25) is 0 Å². The molecule has 1 N–H and O–H groups in total. The average Bonchev–Trinajstić information content (AvgIpc) is 2.42. The van der Waals surface area contributed by atoms with E-state index in [9.17, 15) is 0 Å². The minimum atomic E-state index is 0. The van der Waals surface area contributed by atoms with Crippen molar-refractivity contribution in [3.63, 3.8) is 0 Å². The van der Waals surface area contributed by atoms with Crippen LogP contribution >= 0.6 is 0 Å². The minimum Gasteiger partial charge on any atom is -0.870 e. The molecule has 0 aromatic rings. The minimum absolute atomic E-state index is 0. The van der Waals surface area contributed by atoms with E-state index in [4.69, 9.17) is 9.47 Å². The molecule has 3 nitrogen and oxygen atoms in total. The summed E-state index contributed by atoms with van der Waals surface area (Å²) in [6, 6.07) is 0. The number of hydrogen-bond acceptors (Lipinski definition) is 3. The van der Waals surface area contributed by atoms with Crippen LogP contribution in [-0.2, 0) is 9.47 Å². The van der Waals surface area contributed by atoms with E-state index in [1.807, 2.05) is 6.92 Å². The second-order valence-corrected chi connectivity index (χ2v) is 1.61. The SMILES string of the molecule is CCOCC1CO1.[Na+].[OH-]. The largest absolute Gasteiger partial charge is 1.00 e. The topological polar surface area (TPSA) is 51.8 Å². The summed E-state index contributed by atoms with van der Waals surface area (Å²) in [5.74, 6) is 0. The first kappa shape index (κ1) is 12.5. The van der Waals surface area contributed by atoms with Crippen molar-refractivity contribution in [2.75, 3.05) is 19.8 Å². The molecule has 0 radical (unpaired) electrons. The first-order chi connectivity index (χ1) is 3.43. The van der Waals surface area contributed by atoms with Crippen LogP contribution in [0.25, 0.3) is 0 Å². The Kier molecular flexibility index (Phi) is 9.75. The predicted octanol–water partition coefficient (Wildman–Crippen LogP) is -2.75. The molecule has 1 rings (SSSR count). The molecule has 1 fully saturated rings. The molecule has 9 heavy (non-hydrogen) atoms. The molecular weight excluding hydrogens is 131 g/mol. The van der Waals surface area contributed by atoms with Gasteiger partial charge in [0.05, 0.1) is 13.2 Å². The van der Waals surface area contributed by atoms with Crippen LogP contribution in [0.15, 0.2) is 0 Å². The first-order valence-electron chi connectivity index (χ1n) is 2.63. The normalized spacial score (nSPS) is 21.7. The quantitative estimate of drug-likeness (QED) is 0.317. The van der Waals surface area contributed by atoms with Gasteiger partial charge in [0, 0.05) is 6.61 Å². The van der Waals surface area contributed by atoms with E-state index >= 15 is 0 Å². The Labute approximate surface area is 77.3 Å². The van der Waals surface area contributed by atoms with E-state index in [-0.39, 0.29) is 35.0 Å². The van der Waals surface area contributed by atoms with Crippen molar-refractivity contribution in [1.29, 1.82) is 0 Å². The summed E-state index contributed by atoms with van der Waals surface area (Å²) in [5.41, 5.74) is 0. The third-order valence-corrected chi connectivity index (χ3v) is 0.910. The van der Waals surface area contributed by atoms with Crippen LogP contribution in [0.4, 0.5) is 0 Å². The fourth-order valence-corrected chi connectivity index (χ4v) is 0.414. The Morgan fingerprint density at radius 3 is 2.56 bits per heavy atom. The van der Waals surface area contributed by atoms with Gasteiger partial charge in [-0.15, -0.1) is 0 Å². The van der Waals surface area contributed by atoms with Gasteiger partial charge in [-0.25, -0.2) is 0 Å². The van der Waals surface area contributed by atoms with Crippen LogP contribution in [0, 0.1) is 0 Å². The second-order valence-electron chi connectivity index (χ2n) is 1.61. The number of ether oxygens (including phenoxy) is 2. The molecule has 1 aliphatic rings. The molecule has 0 aromatic carbocycles. The van der Waals surface area contributed by atoms with E-state index < -0.39 is 0 Å². The average molecular weight is 142 g/mol. The van der Waals surface area contributed by atoms with Crippen molar-refractivity contribution in [3.8, 4) is 0 Å². The van der Waals surface area contributed by atoms with Crippen molar-refractivity contribution in [2.45, 2.75) is 13.0 Å². The molecule has 50 valence electrons. The Hall–Kier alpha value is 0.880. The van der Waals surface area contributed by atoms with Gasteiger partial charge in [0.1, 0.15) is 6.10 Å². The summed E-state index contributed by atoms with van der Waals surface area (Å²) in [6.45, 7) is 4.48. The maximum absolute atomic E-state index is 5.03. The summed E-state index contributed by atoms with van der Waals surface area (Å²) < 4.78 is 9.92. The van der Waals surface area contributed by atoms with Gasteiger partial charge in [0.2, 0.25) is 0 Å². The Morgan fingerprint density at radius 2 is 2.22 bits per heavy atom. The van der Waals surface area contributed by atoms with Crippen molar-refractivity contribution < 1.29 is 44.5 Å². The number of rotatable bonds is 3. The monoisotopic (exact) mass is 142 g/mol. The predicted molar refractivity (Wildman–Crippen MR) is 28.2 cm³/mol. The molecule has 1 unspecified atom stereocenters. The molecule has 0 bridgehead atoms. The van der Waals surface area contributed by atoms with Gasteiger partial charge < -0.3 is 14.9 Å². The van der Waals surface area contributed by atoms with E-state index in [0.717, 1.165) is 19.8 Å². The molecule has 1 atom stereocenters. The smallest absolute Gasteiger partial charge is 0.870 e. The summed E-state index contributed by atoms with van der Waals surface area (Å²) in [7, 11) is 0. The van der Waals surface area contributed by atoms with Gasteiger partial charge in [-0.1, -0.05) is 0 Å². The molecular formula is C5H11NaO3. The molecule has 0 aromatic heterocycles. The molecule has 1 aliphatic heterocycles. The zero-order chi connectivity index (χ0) is 5.11. The third-order valence-electron chi connectivity index (χ3n) is 0.910. The van der Waals surface area contributed by atoms with Gasteiger partial charge in [-0.05, 0) is 6.92 Å². The summed E-state index contributed by atoms with van der Waals surface area (Å²) in [5, 5.41) is 0. The van der Waals surface area contributed by atoms with E-state index in [1.165, 1.54) is 0 Å². The van der Waals surface area contributed by atoms with Gasteiger partial charge in [0.25, 0.3) is 0 Å². The Bertz CT molecular complexity index is 56.2. The standard InChI is InChI=1S/C5H10O2.Na.H2O/c1-2-6-3-5-4-7-5;;/h5H,2-4H2,1H3;;1H2/q;+1;/p-1. The van der Waals surface area contributed by atoms with Crippen LogP contribution in [-0.4, -0.2) is 31.4 Å². The van der Waals surface area contributed by atoms with Gasteiger partial charge in [-0.2, -0.15) is 0 Å². The van der Waals surface area contributed by atoms with E-state index in [2.05, 4.69) is 0 Å². The van der Waals surface area contributed by atoms with Crippen LogP contribution in [0.1, 0.15) is 6.92 Å². The molecule has 4 heteroatoms. The van der Waals surface area contributed by atoms with Crippen molar-refractivity contribution in [2.24, 2.45) is 0 Å². The zero-order valence-electron chi connectivity index (χ0n) is 5.96. The van der Waals surface area contributed by atoms with E-state index in [1.54, 1.807) is 0 Å². The molecule has 0 spiro atoms. The number of hydrogen-bond donors (Lipinski definition) is 0.